The molecule has 2 rings (SSSR count). The van der Waals surface area contributed by atoms with Crippen molar-refractivity contribution in [1.29, 1.82) is 0 Å². The summed E-state index contributed by atoms with van der Waals surface area (Å²) in [6, 6.07) is 9.23. The molecule has 1 aliphatic rings. The monoisotopic (exact) mass is 298 g/mol. The predicted molar refractivity (Wildman–Crippen MR) is 73.9 cm³/mol. The van der Waals surface area contributed by atoms with E-state index in [4.69, 9.17) is 4.74 Å². The standard InChI is InChI=1S/C14H18O5S/c1-19-13(16)14(9-11-5-3-2-4-6-11)7-8-20(17,18)10-12(14)15/h2-6,12,15H,7-10H2,1H3. The first-order valence-electron chi connectivity index (χ1n) is 6.40. The van der Waals surface area contributed by atoms with Crippen LogP contribution in [0.3, 0.4) is 0 Å². The van der Waals surface area contributed by atoms with Gasteiger partial charge in [0, 0.05) is 0 Å². The zero-order valence-corrected chi connectivity index (χ0v) is 12.1. The van der Waals surface area contributed by atoms with Crippen LogP contribution >= 0.6 is 0 Å². The molecule has 2 unspecified atom stereocenters. The van der Waals surface area contributed by atoms with Gasteiger partial charge in [-0.1, -0.05) is 30.3 Å². The van der Waals surface area contributed by atoms with E-state index in [1.807, 2.05) is 30.3 Å². The van der Waals surface area contributed by atoms with Crippen LogP contribution in [0, 0.1) is 5.41 Å². The van der Waals surface area contributed by atoms with Crippen molar-refractivity contribution < 1.29 is 23.1 Å². The molecule has 0 saturated carbocycles. The van der Waals surface area contributed by atoms with Crippen LogP contribution in [0.2, 0.25) is 0 Å². The lowest BCUT2D eigenvalue weighted by molar-refractivity contribution is -0.160. The summed E-state index contributed by atoms with van der Waals surface area (Å²) in [4.78, 5) is 12.1. The summed E-state index contributed by atoms with van der Waals surface area (Å²) in [5, 5.41) is 10.2. The lowest BCUT2D eigenvalue weighted by atomic mass is 9.74. The lowest BCUT2D eigenvalue weighted by Gasteiger charge is -2.38. The number of benzene rings is 1. The molecular weight excluding hydrogens is 280 g/mol. The van der Waals surface area contributed by atoms with Crippen LogP contribution in [-0.4, -0.2) is 44.2 Å². The first-order chi connectivity index (χ1) is 9.39. The lowest BCUT2D eigenvalue weighted by Crippen LogP contribution is -2.53. The van der Waals surface area contributed by atoms with E-state index in [-0.39, 0.29) is 18.6 Å². The van der Waals surface area contributed by atoms with Crippen molar-refractivity contribution in [2.75, 3.05) is 18.6 Å². The molecule has 1 aromatic carbocycles. The topological polar surface area (TPSA) is 80.7 Å². The Morgan fingerprint density at radius 1 is 1.40 bits per heavy atom. The zero-order valence-electron chi connectivity index (χ0n) is 11.3. The fourth-order valence-corrected chi connectivity index (χ4v) is 4.31. The van der Waals surface area contributed by atoms with Gasteiger partial charge in [0.2, 0.25) is 0 Å². The number of carbonyl (C=O) groups excluding carboxylic acids is 1. The number of aliphatic hydroxyl groups excluding tert-OH is 1. The largest absolute Gasteiger partial charge is 0.469 e. The Labute approximate surface area is 118 Å². The molecule has 1 heterocycles. The van der Waals surface area contributed by atoms with Crippen molar-refractivity contribution in [3.05, 3.63) is 35.9 Å². The van der Waals surface area contributed by atoms with E-state index in [0.29, 0.717) is 0 Å². The number of hydrogen-bond acceptors (Lipinski definition) is 5. The molecule has 6 heteroatoms. The Morgan fingerprint density at radius 3 is 2.60 bits per heavy atom. The summed E-state index contributed by atoms with van der Waals surface area (Å²) >= 11 is 0. The number of methoxy groups -OCH3 is 1. The van der Waals surface area contributed by atoms with Crippen molar-refractivity contribution in [3.8, 4) is 0 Å². The smallest absolute Gasteiger partial charge is 0.314 e. The Balaban J connectivity index is 2.34. The van der Waals surface area contributed by atoms with Gasteiger partial charge >= 0.3 is 5.97 Å². The van der Waals surface area contributed by atoms with Crippen LogP contribution < -0.4 is 0 Å². The van der Waals surface area contributed by atoms with Crippen LogP contribution in [-0.2, 0) is 25.8 Å². The van der Waals surface area contributed by atoms with Crippen LogP contribution in [0.5, 0.6) is 0 Å². The van der Waals surface area contributed by atoms with Gasteiger partial charge in [0.1, 0.15) is 0 Å². The minimum absolute atomic E-state index is 0.0814. The van der Waals surface area contributed by atoms with E-state index in [2.05, 4.69) is 0 Å². The number of carbonyl (C=O) groups is 1. The highest BCUT2D eigenvalue weighted by atomic mass is 32.2. The molecule has 1 aliphatic heterocycles. The molecule has 0 spiro atoms. The summed E-state index contributed by atoms with van der Waals surface area (Å²) < 4.78 is 28.0. The zero-order chi connectivity index (χ0) is 14.8. The number of esters is 1. The average molecular weight is 298 g/mol. The third-order valence-electron chi connectivity index (χ3n) is 3.86. The summed E-state index contributed by atoms with van der Waals surface area (Å²) in [5.41, 5.74) is -0.308. The molecule has 0 radical (unpaired) electrons. The van der Waals surface area contributed by atoms with Crippen molar-refractivity contribution >= 4 is 15.8 Å². The number of sulfone groups is 1. The molecule has 1 fully saturated rings. The quantitative estimate of drug-likeness (QED) is 0.825. The molecule has 1 N–H and O–H groups in total. The first kappa shape index (κ1) is 15.0. The number of aliphatic hydroxyl groups is 1. The average Bonchev–Trinajstić information content (AvgIpc) is 2.42. The van der Waals surface area contributed by atoms with Crippen LogP contribution in [0.1, 0.15) is 12.0 Å². The van der Waals surface area contributed by atoms with Crippen molar-refractivity contribution in [1.82, 2.24) is 0 Å². The van der Waals surface area contributed by atoms with Crippen molar-refractivity contribution in [3.63, 3.8) is 0 Å². The third kappa shape index (κ3) is 2.86. The summed E-state index contributed by atoms with van der Waals surface area (Å²) in [6.07, 6.45) is -0.885. The predicted octanol–water partition coefficient (Wildman–Crippen LogP) is 0.568. The van der Waals surface area contributed by atoms with Gasteiger partial charge in [-0.25, -0.2) is 8.42 Å². The highest BCUT2D eigenvalue weighted by molar-refractivity contribution is 7.91. The molecule has 1 saturated heterocycles. The van der Waals surface area contributed by atoms with Gasteiger partial charge in [0.05, 0.1) is 30.1 Å². The minimum Gasteiger partial charge on any atom is -0.469 e. The van der Waals surface area contributed by atoms with Gasteiger partial charge in [-0.3, -0.25) is 4.79 Å². The normalized spacial score (nSPS) is 28.8. The maximum Gasteiger partial charge on any atom is 0.314 e. The van der Waals surface area contributed by atoms with Gasteiger partial charge < -0.3 is 9.84 Å². The number of hydrogen-bond donors (Lipinski definition) is 1. The van der Waals surface area contributed by atoms with Gasteiger partial charge in [-0.15, -0.1) is 0 Å². The van der Waals surface area contributed by atoms with E-state index < -0.39 is 33.1 Å². The second kappa shape index (κ2) is 5.54. The van der Waals surface area contributed by atoms with E-state index >= 15 is 0 Å². The maximum absolute atomic E-state index is 12.1. The Hall–Kier alpha value is -1.40. The summed E-state index contributed by atoms with van der Waals surface area (Å²) in [7, 11) is -2.04. The molecule has 1 aromatic rings. The molecule has 20 heavy (non-hydrogen) atoms. The van der Waals surface area contributed by atoms with Crippen LogP contribution in [0.25, 0.3) is 0 Å². The fourth-order valence-electron chi connectivity index (χ4n) is 2.67. The Kier molecular flexibility index (Phi) is 4.15. The second-order valence-corrected chi connectivity index (χ2v) is 7.42. The molecule has 2 atom stereocenters. The number of ether oxygens (including phenoxy) is 1. The highest BCUT2D eigenvalue weighted by Gasteiger charge is 2.51. The van der Waals surface area contributed by atoms with E-state index in [1.165, 1.54) is 7.11 Å². The van der Waals surface area contributed by atoms with E-state index in [0.717, 1.165) is 5.56 Å². The summed E-state index contributed by atoms with van der Waals surface area (Å²) in [5.74, 6) is -1.05. The molecule has 5 nitrogen and oxygen atoms in total. The van der Waals surface area contributed by atoms with Crippen molar-refractivity contribution in [2.45, 2.75) is 18.9 Å². The maximum atomic E-state index is 12.1. The highest BCUT2D eigenvalue weighted by Crippen LogP contribution is 2.37. The van der Waals surface area contributed by atoms with Crippen molar-refractivity contribution in [2.24, 2.45) is 5.41 Å². The van der Waals surface area contributed by atoms with E-state index in [9.17, 15) is 18.3 Å². The summed E-state index contributed by atoms with van der Waals surface area (Å²) in [6.45, 7) is 0. The molecular formula is C14H18O5S. The van der Waals surface area contributed by atoms with E-state index in [1.54, 1.807) is 0 Å². The molecule has 0 aromatic heterocycles. The number of rotatable bonds is 3. The minimum atomic E-state index is -3.29. The fraction of sp³-hybridized carbons (Fsp3) is 0.500. The third-order valence-corrected chi connectivity index (χ3v) is 5.51. The van der Waals surface area contributed by atoms with Gasteiger partial charge in [0.25, 0.3) is 0 Å². The molecule has 110 valence electrons. The molecule has 0 amide bonds. The Morgan fingerprint density at radius 2 is 2.05 bits per heavy atom. The first-order valence-corrected chi connectivity index (χ1v) is 8.23. The SMILES string of the molecule is COC(=O)C1(Cc2ccccc2)CCS(=O)(=O)CC1O. The molecule has 0 aliphatic carbocycles. The second-order valence-electron chi connectivity index (χ2n) is 5.19. The van der Waals surface area contributed by atoms with Crippen LogP contribution in [0.15, 0.2) is 30.3 Å². The van der Waals surface area contributed by atoms with Gasteiger partial charge in [0.15, 0.2) is 9.84 Å². The van der Waals surface area contributed by atoms with Gasteiger partial charge in [-0.2, -0.15) is 0 Å². The van der Waals surface area contributed by atoms with Gasteiger partial charge in [-0.05, 0) is 18.4 Å². The van der Waals surface area contributed by atoms with Crippen LogP contribution in [0.4, 0.5) is 0 Å². The molecule has 0 bridgehead atoms. The Bertz CT molecular complexity index is 581.